The highest BCUT2D eigenvalue weighted by atomic mass is 28.4. The molecule has 82 valence electrons. The van der Waals surface area contributed by atoms with Gasteiger partial charge in [0.2, 0.25) is 0 Å². The minimum atomic E-state index is -4.01. The number of Topliss-reactive ketones (excluding diaryl/α,β-unsaturated/α-hetero) is 1. The predicted octanol–water partition coefficient (Wildman–Crippen LogP) is 0.103. The summed E-state index contributed by atoms with van der Waals surface area (Å²) in [5, 5.41) is 9.09. The quantitative estimate of drug-likeness (QED) is 0.299. The Labute approximate surface area is 83.7 Å². The molecule has 0 aliphatic heterocycles. The molecule has 0 radical (unpaired) electrons. The van der Waals surface area contributed by atoms with E-state index in [0.29, 0.717) is 0 Å². The van der Waals surface area contributed by atoms with Crippen molar-refractivity contribution in [2.45, 2.75) is 32.7 Å². The Morgan fingerprint density at radius 3 is 2.00 bits per heavy atom. The summed E-state index contributed by atoms with van der Waals surface area (Å²) in [5.74, 6) is -0.301. The van der Waals surface area contributed by atoms with Gasteiger partial charge >= 0.3 is 8.80 Å². The third kappa shape index (κ3) is 5.87. The molecular formula is C8H16O5Si. The van der Waals surface area contributed by atoms with Crippen LogP contribution in [0.5, 0.6) is 0 Å². The molecule has 0 saturated carbocycles. The molecule has 4 N–H and O–H groups in total. The van der Waals surface area contributed by atoms with Crippen LogP contribution in [0.4, 0.5) is 0 Å². The topological polar surface area (TPSA) is 98.0 Å². The van der Waals surface area contributed by atoms with Crippen molar-refractivity contribution in [3.63, 3.8) is 0 Å². The first kappa shape index (κ1) is 13.3. The molecule has 0 spiro atoms. The molecule has 0 fully saturated rings. The average Bonchev–Trinajstić information content (AvgIpc) is 1.94. The van der Waals surface area contributed by atoms with Crippen molar-refractivity contribution < 1.29 is 24.3 Å². The van der Waals surface area contributed by atoms with Crippen LogP contribution >= 0.6 is 0 Å². The van der Waals surface area contributed by atoms with Crippen molar-refractivity contribution >= 4 is 14.6 Å². The lowest BCUT2D eigenvalue weighted by Gasteiger charge is -2.09. The molecule has 0 heterocycles. The van der Waals surface area contributed by atoms with Crippen LogP contribution < -0.4 is 0 Å². The SMILES string of the molecule is CC(=O)/C(CCC[Si](O)(O)O)=C(/C)O. The second-order valence-electron chi connectivity index (χ2n) is 3.25. The molecule has 0 aliphatic carbocycles. The number of aliphatic hydroxyl groups is 1. The van der Waals surface area contributed by atoms with Gasteiger partial charge in [-0.15, -0.1) is 0 Å². The summed E-state index contributed by atoms with van der Waals surface area (Å²) in [6.07, 6.45) is 0.511. The predicted molar refractivity (Wildman–Crippen MR) is 52.5 cm³/mol. The number of rotatable bonds is 5. The molecule has 0 rings (SSSR count). The van der Waals surface area contributed by atoms with Gasteiger partial charge in [-0.25, -0.2) is 0 Å². The van der Waals surface area contributed by atoms with Crippen molar-refractivity contribution in [3.05, 3.63) is 11.3 Å². The molecule has 0 aromatic carbocycles. The van der Waals surface area contributed by atoms with Gasteiger partial charge in [0.1, 0.15) is 0 Å². The number of allylic oxidation sites excluding steroid dienone is 2. The maximum Gasteiger partial charge on any atom is 0.492 e. The van der Waals surface area contributed by atoms with E-state index in [1.165, 1.54) is 13.8 Å². The van der Waals surface area contributed by atoms with Crippen LogP contribution in [0.2, 0.25) is 6.04 Å². The van der Waals surface area contributed by atoms with E-state index in [1.807, 2.05) is 0 Å². The lowest BCUT2D eigenvalue weighted by atomic mass is 10.1. The minimum Gasteiger partial charge on any atom is -0.512 e. The highest BCUT2D eigenvalue weighted by Gasteiger charge is 2.26. The second-order valence-corrected chi connectivity index (χ2v) is 5.30. The number of hydrogen-bond donors (Lipinski definition) is 4. The third-order valence-electron chi connectivity index (χ3n) is 1.80. The van der Waals surface area contributed by atoms with E-state index in [-0.39, 0.29) is 36.0 Å². The van der Waals surface area contributed by atoms with Crippen molar-refractivity contribution in [3.8, 4) is 0 Å². The zero-order valence-corrected chi connectivity index (χ0v) is 9.32. The molecule has 0 aromatic rings. The number of ketones is 1. The second kappa shape index (κ2) is 5.25. The number of carbonyl (C=O) groups excluding carboxylic acids is 1. The summed E-state index contributed by atoms with van der Waals surface area (Å²) >= 11 is 0. The van der Waals surface area contributed by atoms with Crippen LogP contribution in [0, 0.1) is 0 Å². The molecule has 6 heteroatoms. The monoisotopic (exact) mass is 220 g/mol. The molecule has 0 atom stereocenters. The summed E-state index contributed by atoms with van der Waals surface area (Å²) in [5.41, 5.74) is 0.267. The summed E-state index contributed by atoms with van der Waals surface area (Å²) in [4.78, 5) is 37.0. The van der Waals surface area contributed by atoms with Crippen LogP contribution in [-0.4, -0.2) is 34.1 Å². The normalized spacial score (nSPS) is 13.8. The van der Waals surface area contributed by atoms with Crippen LogP contribution in [-0.2, 0) is 4.79 Å². The fourth-order valence-corrected chi connectivity index (χ4v) is 1.77. The Bertz CT molecular complexity index is 237. The molecule has 0 aromatic heterocycles. The standard InChI is InChI=1S/C8H16O5Si/c1-6(9)8(7(2)10)4-3-5-14(11,12)13/h9,11-13H,3-5H2,1-2H3/b8-6-. The smallest absolute Gasteiger partial charge is 0.492 e. The largest absolute Gasteiger partial charge is 0.512 e. The van der Waals surface area contributed by atoms with Crippen molar-refractivity contribution in [1.29, 1.82) is 0 Å². The lowest BCUT2D eigenvalue weighted by Crippen LogP contribution is -2.34. The van der Waals surface area contributed by atoms with Crippen molar-refractivity contribution in [2.24, 2.45) is 0 Å². The number of aliphatic hydroxyl groups excluding tert-OH is 1. The van der Waals surface area contributed by atoms with Gasteiger partial charge < -0.3 is 19.5 Å². The average molecular weight is 220 g/mol. The van der Waals surface area contributed by atoms with Crippen molar-refractivity contribution in [2.75, 3.05) is 0 Å². The molecule has 0 amide bonds. The van der Waals surface area contributed by atoms with Gasteiger partial charge in [0.15, 0.2) is 5.78 Å². The Balaban J connectivity index is 4.12. The highest BCUT2D eigenvalue weighted by molar-refractivity contribution is 6.56. The zero-order chi connectivity index (χ0) is 11.4. The maximum atomic E-state index is 10.9. The fraction of sp³-hybridized carbons (Fsp3) is 0.625. The van der Waals surface area contributed by atoms with E-state index in [0.717, 1.165) is 0 Å². The molecule has 0 bridgehead atoms. The van der Waals surface area contributed by atoms with Crippen LogP contribution in [0.15, 0.2) is 11.3 Å². The van der Waals surface area contributed by atoms with Crippen LogP contribution in [0.1, 0.15) is 26.7 Å². The van der Waals surface area contributed by atoms with Gasteiger partial charge in [0, 0.05) is 11.6 Å². The van der Waals surface area contributed by atoms with Gasteiger partial charge in [-0.05, 0) is 26.7 Å². The van der Waals surface area contributed by atoms with E-state index in [4.69, 9.17) is 19.5 Å². The summed E-state index contributed by atoms with van der Waals surface area (Å²) < 4.78 is 0. The minimum absolute atomic E-state index is 0.0569. The first-order chi connectivity index (χ1) is 6.24. The van der Waals surface area contributed by atoms with E-state index < -0.39 is 8.80 Å². The first-order valence-electron chi connectivity index (χ1n) is 4.31. The summed E-state index contributed by atoms with van der Waals surface area (Å²) in [6.45, 7) is 2.73. The third-order valence-corrected chi connectivity index (χ3v) is 2.83. The van der Waals surface area contributed by atoms with E-state index >= 15 is 0 Å². The Kier molecular flexibility index (Phi) is 4.99. The van der Waals surface area contributed by atoms with E-state index in [1.54, 1.807) is 0 Å². The Morgan fingerprint density at radius 2 is 1.71 bits per heavy atom. The molecule has 0 aliphatic rings. The van der Waals surface area contributed by atoms with Gasteiger partial charge in [-0.1, -0.05) is 0 Å². The van der Waals surface area contributed by atoms with Gasteiger partial charge in [-0.3, -0.25) is 4.79 Å². The number of hydrogen-bond acceptors (Lipinski definition) is 5. The van der Waals surface area contributed by atoms with Gasteiger partial charge in [-0.2, -0.15) is 0 Å². The molecule has 0 saturated heterocycles. The van der Waals surface area contributed by atoms with Crippen LogP contribution in [0.25, 0.3) is 0 Å². The Hall–Kier alpha value is -0.693. The maximum absolute atomic E-state index is 10.9. The summed E-state index contributed by atoms with van der Waals surface area (Å²) in [6, 6.07) is -0.128. The zero-order valence-electron chi connectivity index (χ0n) is 8.32. The van der Waals surface area contributed by atoms with Crippen molar-refractivity contribution in [1.82, 2.24) is 0 Å². The molecule has 0 unspecified atom stereocenters. The van der Waals surface area contributed by atoms with Gasteiger partial charge in [0.25, 0.3) is 0 Å². The number of carbonyl (C=O) groups is 1. The lowest BCUT2D eigenvalue weighted by molar-refractivity contribution is -0.113. The Morgan fingerprint density at radius 1 is 1.21 bits per heavy atom. The highest BCUT2D eigenvalue weighted by Crippen LogP contribution is 2.14. The van der Waals surface area contributed by atoms with Gasteiger partial charge in [0.05, 0.1) is 5.76 Å². The summed E-state index contributed by atoms with van der Waals surface area (Å²) in [7, 11) is -4.01. The van der Waals surface area contributed by atoms with E-state index in [2.05, 4.69) is 0 Å². The van der Waals surface area contributed by atoms with E-state index in [9.17, 15) is 4.79 Å². The van der Waals surface area contributed by atoms with Crippen LogP contribution in [0.3, 0.4) is 0 Å². The molecular weight excluding hydrogens is 204 g/mol. The molecule has 5 nitrogen and oxygen atoms in total. The first-order valence-corrected chi connectivity index (χ1v) is 6.35. The fourth-order valence-electron chi connectivity index (χ4n) is 1.11. The molecule has 14 heavy (non-hydrogen) atoms.